The van der Waals surface area contributed by atoms with Crippen LogP contribution < -0.4 is 15.8 Å². The van der Waals surface area contributed by atoms with Crippen molar-refractivity contribution in [2.45, 2.75) is 12.8 Å². The number of nitrogens with two attached hydrogens (primary N) is 1. The van der Waals surface area contributed by atoms with Gasteiger partial charge in [0, 0.05) is 56.1 Å². The minimum atomic E-state index is -4.96. The highest BCUT2D eigenvalue weighted by Crippen LogP contribution is 2.32. The molecule has 3 aromatic rings. The Kier molecular flexibility index (Phi) is 8.23. The second-order valence-electron chi connectivity index (χ2n) is 9.01. The SMILES string of the molecule is CN1CCN(CC(=O)Nc2cc(C(=O)Cc3ccc(-c4cnc(N)nc4)cc3)ccc2OC(F)(F)F)CC1. The molecule has 1 aliphatic heterocycles. The van der Waals surface area contributed by atoms with Crippen molar-refractivity contribution in [2.75, 3.05) is 50.8 Å². The van der Waals surface area contributed by atoms with E-state index in [-0.39, 0.29) is 35.9 Å². The molecule has 9 nitrogen and oxygen atoms in total. The maximum atomic E-state index is 13.0. The van der Waals surface area contributed by atoms with Crippen molar-refractivity contribution in [3.05, 3.63) is 66.0 Å². The van der Waals surface area contributed by atoms with E-state index >= 15 is 0 Å². The molecule has 0 spiro atoms. The predicted octanol–water partition coefficient (Wildman–Crippen LogP) is 3.24. The number of nitrogens with zero attached hydrogens (tertiary/aromatic N) is 4. The number of piperazine rings is 1. The fraction of sp³-hybridized carbons (Fsp3) is 0.308. The van der Waals surface area contributed by atoms with Gasteiger partial charge in [-0.05, 0) is 36.4 Å². The van der Waals surface area contributed by atoms with Crippen LogP contribution in [0.4, 0.5) is 24.8 Å². The number of halogens is 3. The van der Waals surface area contributed by atoms with E-state index in [1.807, 2.05) is 24.1 Å². The van der Waals surface area contributed by atoms with Crippen molar-refractivity contribution in [3.63, 3.8) is 0 Å². The van der Waals surface area contributed by atoms with Gasteiger partial charge in [0.05, 0.1) is 12.2 Å². The second-order valence-corrected chi connectivity index (χ2v) is 9.01. The zero-order chi connectivity index (χ0) is 27.3. The number of alkyl halides is 3. The number of benzene rings is 2. The molecule has 38 heavy (non-hydrogen) atoms. The molecule has 1 aliphatic rings. The number of ether oxygens (including phenoxy) is 1. The maximum Gasteiger partial charge on any atom is 0.573 e. The summed E-state index contributed by atoms with van der Waals surface area (Å²) in [6, 6.07) is 10.7. The molecule has 12 heteroatoms. The van der Waals surface area contributed by atoms with Gasteiger partial charge in [0.15, 0.2) is 11.5 Å². The molecular weight excluding hydrogens is 501 g/mol. The largest absolute Gasteiger partial charge is 0.573 e. The first-order chi connectivity index (χ1) is 18.1. The van der Waals surface area contributed by atoms with Gasteiger partial charge in [0.2, 0.25) is 11.9 Å². The lowest BCUT2D eigenvalue weighted by Crippen LogP contribution is -2.47. The average molecular weight is 529 g/mol. The summed E-state index contributed by atoms with van der Waals surface area (Å²) in [5.74, 6) is -1.25. The number of Topliss-reactive ketones (excluding diaryl/α,β-unsaturated/α-hetero) is 1. The first kappa shape index (κ1) is 27.0. The van der Waals surface area contributed by atoms with Gasteiger partial charge in [-0.15, -0.1) is 13.2 Å². The van der Waals surface area contributed by atoms with Gasteiger partial charge in [-0.3, -0.25) is 14.5 Å². The standard InChI is InChI=1S/C26H27F3N6O3/c1-34-8-10-35(11-9-34)16-24(37)33-21-13-19(6-7-23(21)38-26(27,28)29)22(36)12-17-2-4-18(5-3-17)20-14-31-25(30)32-15-20/h2-7,13-15H,8-12,16H2,1H3,(H,33,37)(H2,30,31,32). The number of carbonyl (C=O) groups excluding carboxylic acids is 2. The molecule has 0 saturated carbocycles. The fourth-order valence-electron chi connectivity index (χ4n) is 4.00. The molecule has 1 amide bonds. The van der Waals surface area contributed by atoms with Crippen molar-refractivity contribution in [2.24, 2.45) is 0 Å². The van der Waals surface area contributed by atoms with Crippen LogP contribution in [0.3, 0.4) is 0 Å². The first-order valence-electron chi connectivity index (χ1n) is 11.9. The maximum absolute atomic E-state index is 13.0. The van der Waals surface area contributed by atoms with Crippen LogP contribution in [0.1, 0.15) is 15.9 Å². The van der Waals surface area contributed by atoms with Crippen molar-refractivity contribution < 1.29 is 27.5 Å². The van der Waals surface area contributed by atoms with E-state index in [4.69, 9.17) is 5.73 Å². The van der Waals surface area contributed by atoms with Crippen LogP contribution >= 0.6 is 0 Å². The number of carbonyl (C=O) groups is 2. The third-order valence-electron chi connectivity index (χ3n) is 6.09. The molecular formula is C26H27F3N6O3. The fourth-order valence-corrected chi connectivity index (χ4v) is 4.00. The van der Waals surface area contributed by atoms with Gasteiger partial charge in [0.1, 0.15) is 0 Å². The molecule has 0 unspecified atom stereocenters. The van der Waals surface area contributed by atoms with E-state index in [2.05, 4.69) is 24.9 Å². The molecule has 0 atom stereocenters. The number of aromatic nitrogens is 2. The van der Waals surface area contributed by atoms with E-state index in [1.54, 1.807) is 24.5 Å². The number of hydrogen-bond donors (Lipinski definition) is 2. The Bertz CT molecular complexity index is 1270. The Morgan fingerprint density at radius 2 is 1.66 bits per heavy atom. The van der Waals surface area contributed by atoms with E-state index in [0.717, 1.165) is 30.3 Å². The highest BCUT2D eigenvalue weighted by Gasteiger charge is 2.32. The van der Waals surface area contributed by atoms with Crippen LogP contribution in [0.2, 0.25) is 0 Å². The number of likely N-dealkylation sites (N-methyl/N-ethyl adjacent to an activating group) is 1. The Hall–Kier alpha value is -4.03. The molecule has 200 valence electrons. The van der Waals surface area contributed by atoms with E-state index in [0.29, 0.717) is 18.7 Å². The van der Waals surface area contributed by atoms with Crippen LogP contribution in [0, 0.1) is 0 Å². The monoisotopic (exact) mass is 528 g/mol. The van der Waals surface area contributed by atoms with Crippen LogP contribution in [0.25, 0.3) is 11.1 Å². The number of anilines is 2. The summed E-state index contributed by atoms with van der Waals surface area (Å²) in [5, 5.41) is 2.49. The minimum Gasteiger partial charge on any atom is -0.404 e. The van der Waals surface area contributed by atoms with E-state index in [1.165, 1.54) is 12.1 Å². The quantitative estimate of drug-likeness (QED) is 0.429. The zero-order valence-electron chi connectivity index (χ0n) is 20.7. The molecule has 0 radical (unpaired) electrons. The number of rotatable bonds is 8. The predicted molar refractivity (Wildman–Crippen MR) is 136 cm³/mol. The molecule has 1 fully saturated rings. The molecule has 2 aromatic carbocycles. The van der Waals surface area contributed by atoms with Crippen molar-refractivity contribution in [3.8, 4) is 16.9 Å². The van der Waals surface area contributed by atoms with Crippen LogP contribution in [-0.2, 0) is 11.2 Å². The third-order valence-corrected chi connectivity index (χ3v) is 6.09. The van der Waals surface area contributed by atoms with Gasteiger partial charge < -0.3 is 20.7 Å². The summed E-state index contributed by atoms with van der Waals surface area (Å²) in [7, 11) is 1.98. The molecule has 1 saturated heterocycles. The van der Waals surface area contributed by atoms with Crippen LogP contribution in [-0.4, -0.2) is 77.6 Å². The molecule has 1 aromatic heterocycles. The summed E-state index contributed by atoms with van der Waals surface area (Å²) in [5.41, 5.74) is 7.73. The zero-order valence-corrected chi connectivity index (χ0v) is 20.7. The van der Waals surface area contributed by atoms with Gasteiger partial charge in [-0.25, -0.2) is 9.97 Å². The number of hydrogen-bond acceptors (Lipinski definition) is 8. The molecule has 0 bridgehead atoms. The van der Waals surface area contributed by atoms with E-state index < -0.39 is 18.0 Å². The third kappa shape index (κ3) is 7.49. The Balaban J connectivity index is 1.47. The summed E-state index contributed by atoms with van der Waals surface area (Å²) in [6.07, 6.45) is -1.77. The number of ketones is 1. The summed E-state index contributed by atoms with van der Waals surface area (Å²) in [6.45, 7) is 2.92. The molecule has 4 rings (SSSR count). The lowest BCUT2D eigenvalue weighted by Gasteiger charge is -2.31. The highest BCUT2D eigenvalue weighted by atomic mass is 19.4. The number of nitrogen functional groups attached to an aromatic ring is 1. The van der Waals surface area contributed by atoms with Gasteiger partial charge >= 0.3 is 6.36 Å². The lowest BCUT2D eigenvalue weighted by molar-refractivity contribution is -0.274. The smallest absolute Gasteiger partial charge is 0.404 e. The molecule has 2 heterocycles. The Morgan fingerprint density at radius 1 is 1.00 bits per heavy atom. The lowest BCUT2D eigenvalue weighted by atomic mass is 10.00. The Labute approximate surface area is 217 Å². The second kappa shape index (κ2) is 11.6. The molecule has 0 aliphatic carbocycles. The summed E-state index contributed by atoms with van der Waals surface area (Å²) in [4.78, 5) is 37.5. The van der Waals surface area contributed by atoms with Crippen molar-refractivity contribution in [1.29, 1.82) is 0 Å². The van der Waals surface area contributed by atoms with Gasteiger partial charge in [-0.1, -0.05) is 24.3 Å². The topological polar surface area (TPSA) is 114 Å². The van der Waals surface area contributed by atoms with Crippen molar-refractivity contribution >= 4 is 23.3 Å². The Morgan fingerprint density at radius 3 is 2.29 bits per heavy atom. The van der Waals surface area contributed by atoms with Crippen molar-refractivity contribution in [1.82, 2.24) is 19.8 Å². The summed E-state index contributed by atoms with van der Waals surface area (Å²) >= 11 is 0. The minimum absolute atomic E-state index is 0.00662. The van der Waals surface area contributed by atoms with Crippen LogP contribution in [0.15, 0.2) is 54.9 Å². The normalized spacial score (nSPS) is 14.7. The first-order valence-corrected chi connectivity index (χ1v) is 11.9. The number of nitrogens with one attached hydrogen (secondary N) is 1. The van der Waals surface area contributed by atoms with Crippen LogP contribution in [0.5, 0.6) is 5.75 Å². The van der Waals surface area contributed by atoms with Gasteiger partial charge in [-0.2, -0.15) is 0 Å². The van der Waals surface area contributed by atoms with E-state index in [9.17, 15) is 22.8 Å². The average Bonchev–Trinajstić information content (AvgIpc) is 2.86. The number of amides is 1. The summed E-state index contributed by atoms with van der Waals surface area (Å²) < 4.78 is 43.0. The molecule has 3 N–H and O–H groups in total. The highest BCUT2D eigenvalue weighted by molar-refractivity contribution is 6.00. The van der Waals surface area contributed by atoms with Gasteiger partial charge in [0.25, 0.3) is 0 Å².